The maximum atomic E-state index is 11.7. The number of hydrogen-bond acceptors (Lipinski definition) is 1. The summed E-state index contributed by atoms with van der Waals surface area (Å²) in [7, 11) is 0. The molecule has 1 aliphatic rings. The molecule has 1 aliphatic heterocycles. The first-order valence-corrected chi connectivity index (χ1v) is 2.57. The normalized spacial score (nSPS) is 17.7. The third-order valence-electron chi connectivity index (χ3n) is 0.924. The van der Waals surface area contributed by atoms with Gasteiger partial charge >= 0.3 is 12.2 Å². The Bertz CT molecular complexity index is 241. The number of urea groups is 1. The minimum absolute atomic E-state index is 0.640. The molecule has 0 aromatic rings. The highest BCUT2D eigenvalue weighted by atomic mass is 19.4. The molecule has 0 unspecified atom stereocenters. The Morgan fingerprint density at radius 1 is 1.36 bits per heavy atom. The van der Waals surface area contributed by atoms with Gasteiger partial charge < -0.3 is 0 Å². The number of nitrogens with zero attached hydrogens (tertiary/aromatic N) is 2. The van der Waals surface area contributed by atoms with Crippen molar-refractivity contribution in [1.29, 1.82) is 0 Å². The molecular formula is C5H2F3N2O. The Kier molecular flexibility index (Phi) is 1.67. The van der Waals surface area contributed by atoms with E-state index in [1.54, 1.807) is 0 Å². The number of halogens is 3. The van der Waals surface area contributed by atoms with Crippen molar-refractivity contribution < 1.29 is 18.0 Å². The van der Waals surface area contributed by atoms with Crippen molar-refractivity contribution in [2.75, 3.05) is 0 Å². The fourth-order valence-corrected chi connectivity index (χ4v) is 0.499. The summed E-state index contributed by atoms with van der Waals surface area (Å²) < 4.78 is 35.2. The highest BCUT2D eigenvalue weighted by Gasteiger charge is 2.35. The fraction of sp³-hybridized carbons (Fsp3) is 0.200. The molecular weight excluding hydrogens is 161 g/mol. The summed E-state index contributed by atoms with van der Waals surface area (Å²) in [6, 6.07) is -1.13. The monoisotopic (exact) mass is 163 g/mol. The quantitative estimate of drug-likeness (QED) is 0.529. The van der Waals surface area contributed by atoms with E-state index in [1.165, 1.54) is 0 Å². The third-order valence-corrected chi connectivity index (χ3v) is 0.924. The van der Waals surface area contributed by atoms with E-state index in [-0.39, 0.29) is 0 Å². The van der Waals surface area contributed by atoms with E-state index in [9.17, 15) is 18.0 Å². The number of hydrogen-bond donors (Lipinski definition) is 0. The molecule has 3 nitrogen and oxygen atoms in total. The van der Waals surface area contributed by atoms with Crippen LogP contribution in [0.5, 0.6) is 0 Å². The largest absolute Gasteiger partial charge is 0.433 e. The highest BCUT2D eigenvalue weighted by molar-refractivity contribution is 6.07. The van der Waals surface area contributed by atoms with Crippen LogP contribution in [0.1, 0.15) is 0 Å². The average molecular weight is 163 g/mol. The van der Waals surface area contributed by atoms with Gasteiger partial charge in [-0.1, -0.05) is 0 Å². The van der Waals surface area contributed by atoms with Crippen molar-refractivity contribution in [1.82, 2.24) is 5.32 Å². The van der Waals surface area contributed by atoms with Crippen molar-refractivity contribution in [2.45, 2.75) is 6.18 Å². The first kappa shape index (κ1) is 7.77. The van der Waals surface area contributed by atoms with Crippen LogP contribution in [-0.4, -0.2) is 17.9 Å². The smallest absolute Gasteiger partial charge is 0.244 e. The minimum Gasteiger partial charge on any atom is -0.244 e. The van der Waals surface area contributed by atoms with E-state index >= 15 is 0 Å². The third kappa shape index (κ3) is 1.79. The van der Waals surface area contributed by atoms with Crippen LogP contribution in [0.25, 0.3) is 0 Å². The Morgan fingerprint density at radius 2 is 2.00 bits per heavy atom. The SMILES string of the molecule is O=C1[N]C=CC(C(F)(F)F)=N1. The first-order valence-electron chi connectivity index (χ1n) is 2.57. The van der Waals surface area contributed by atoms with Crippen LogP contribution in [0.4, 0.5) is 18.0 Å². The summed E-state index contributed by atoms with van der Waals surface area (Å²) in [6.07, 6.45) is -3.15. The Hall–Kier alpha value is -1.33. The summed E-state index contributed by atoms with van der Waals surface area (Å²) in [5.74, 6) is 0. The molecule has 0 spiro atoms. The number of amides is 2. The highest BCUT2D eigenvalue weighted by Crippen LogP contribution is 2.19. The molecule has 2 amide bonds. The first-order chi connectivity index (χ1) is 5.00. The van der Waals surface area contributed by atoms with Crippen LogP contribution in [0.3, 0.4) is 0 Å². The van der Waals surface area contributed by atoms with Crippen LogP contribution < -0.4 is 5.32 Å². The van der Waals surface area contributed by atoms with Gasteiger partial charge in [0.15, 0.2) is 5.71 Å². The Labute approximate surface area is 59.6 Å². The van der Waals surface area contributed by atoms with Gasteiger partial charge in [-0.05, 0) is 6.08 Å². The lowest BCUT2D eigenvalue weighted by atomic mass is 10.3. The van der Waals surface area contributed by atoms with Gasteiger partial charge in [-0.3, -0.25) is 0 Å². The molecule has 1 rings (SSSR count). The zero-order valence-electron chi connectivity index (χ0n) is 5.09. The standard InChI is InChI=1S/C5H2F3N2O/c6-5(7,8)3-1-2-9-4(11)10-3/h1-2H. The van der Waals surface area contributed by atoms with E-state index in [0.29, 0.717) is 6.08 Å². The van der Waals surface area contributed by atoms with Gasteiger partial charge in [0.1, 0.15) is 0 Å². The summed E-state index contributed by atoms with van der Waals surface area (Å²) in [5, 5.41) is 2.99. The van der Waals surface area contributed by atoms with E-state index < -0.39 is 17.9 Å². The molecule has 0 N–H and O–H groups in total. The van der Waals surface area contributed by atoms with E-state index in [4.69, 9.17) is 0 Å². The molecule has 0 saturated carbocycles. The van der Waals surface area contributed by atoms with E-state index in [2.05, 4.69) is 10.3 Å². The average Bonchev–Trinajstić information content (AvgIpc) is 1.86. The Balaban J connectivity index is 2.88. The van der Waals surface area contributed by atoms with Crippen LogP contribution in [0, 0.1) is 0 Å². The number of carbonyl (C=O) groups excluding carboxylic acids is 1. The molecule has 0 aromatic carbocycles. The Morgan fingerprint density at radius 3 is 2.36 bits per heavy atom. The second-order valence-corrected chi connectivity index (χ2v) is 1.72. The number of rotatable bonds is 0. The number of allylic oxidation sites excluding steroid dienone is 1. The molecule has 0 atom stereocenters. The molecule has 1 radical (unpaired) electrons. The maximum absolute atomic E-state index is 11.7. The zero-order valence-corrected chi connectivity index (χ0v) is 5.09. The summed E-state index contributed by atoms with van der Waals surface area (Å²) in [5.41, 5.74) is -1.21. The predicted molar refractivity (Wildman–Crippen MR) is 30.2 cm³/mol. The van der Waals surface area contributed by atoms with Gasteiger partial charge in [0.25, 0.3) is 0 Å². The molecule has 6 heteroatoms. The van der Waals surface area contributed by atoms with Crippen LogP contribution in [-0.2, 0) is 0 Å². The van der Waals surface area contributed by atoms with Crippen LogP contribution >= 0.6 is 0 Å². The lowest BCUT2D eigenvalue weighted by Crippen LogP contribution is -2.26. The fourth-order valence-electron chi connectivity index (χ4n) is 0.499. The maximum Gasteiger partial charge on any atom is 0.433 e. The van der Waals surface area contributed by atoms with Gasteiger partial charge in [0.05, 0.1) is 0 Å². The lowest BCUT2D eigenvalue weighted by molar-refractivity contribution is -0.0578. The summed E-state index contributed by atoms with van der Waals surface area (Å²) in [4.78, 5) is 12.9. The van der Waals surface area contributed by atoms with Crippen molar-refractivity contribution in [2.24, 2.45) is 4.99 Å². The lowest BCUT2D eigenvalue weighted by Gasteiger charge is -2.07. The zero-order chi connectivity index (χ0) is 8.48. The minimum atomic E-state index is -4.57. The topological polar surface area (TPSA) is 43.5 Å². The van der Waals surface area contributed by atoms with Crippen molar-refractivity contribution >= 4 is 11.7 Å². The number of aliphatic imine (C=N–C) groups is 1. The van der Waals surface area contributed by atoms with Gasteiger partial charge in [-0.2, -0.15) is 18.2 Å². The van der Waals surface area contributed by atoms with Crippen LogP contribution in [0.15, 0.2) is 17.3 Å². The molecule has 11 heavy (non-hydrogen) atoms. The van der Waals surface area contributed by atoms with E-state index in [0.717, 1.165) is 6.20 Å². The van der Waals surface area contributed by atoms with Crippen molar-refractivity contribution in [3.05, 3.63) is 12.3 Å². The second kappa shape index (κ2) is 2.37. The van der Waals surface area contributed by atoms with Gasteiger partial charge in [-0.15, -0.1) is 0 Å². The van der Waals surface area contributed by atoms with Gasteiger partial charge in [0.2, 0.25) is 0 Å². The molecule has 1 heterocycles. The van der Waals surface area contributed by atoms with E-state index in [1.807, 2.05) is 0 Å². The van der Waals surface area contributed by atoms with Gasteiger partial charge in [-0.25, -0.2) is 10.1 Å². The summed E-state index contributed by atoms with van der Waals surface area (Å²) >= 11 is 0. The van der Waals surface area contributed by atoms with Crippen LogP contribution in [0.2, 0.25) is 0 Å². The number of carbonyl (C=O) groups is 1. The summed E-state index contributed by atoms with van der Waals surface area (Å²) in [6.45, 7) is 0. The molecule has 0 bridgehead atoms. The molecule has 59 valence electrons. The molecule has 0 saturated heterocycles. The predicted octanol–water partition coefficient (Wildman–Crippen LogP) is 1.24. The van der Waals surface area contributed by atoms with Crippen molar-refractivity contribution in [3.8, 4) is 0 Å². The van der Waals surface area contributed by atoms with Gasteiger partial charge in [0, 0.05) is 6.20 Å². The number of alkyl halides is 3. The molecule has 0 aromatic heterocycles. The van der Waals surface area contributed by atoms with Crippen molar-refractivity contribution in [3.63, 3.8) is 0 Å². The second-order valence-electron chi connectivity index (χ2n) is 1.72. The molecule has 0 fully saturated rings. The molecule has 0 aliphatic carbocycles.